The molecule has 2 bridgehead atoms. The average molecular weight is 447 g/mol. The molecule has 0 saturated heterocycles. The van der Waals surface area contributed by atoms with Gasteiger partial charge in [0, 0.05) is 40.3 Å². The minimum atomic E-state index is -0.419. The van der Waals surface area contributed by atoms with Crippen LogP contribution in [0.3, 0.4) is 0 Å². The molecule has 32 heavy (non-hydrogen) atoms. The van der Waals surface area contributed by atoms with Crippen molar-refractivity contribution in [2.24, 2.45) is 0 Å². The number of pyridine rings is 1. The van der Waals surface area contributed by atoms with Gasteiger partial charge >= 0.3 is 0 Å². The van der Waals surface area contributed by atoms with Crippen LogP contribution in [-0.4, -0.2) is 16.0 Å². The van der Waals surface area contributed by atoms with Gasteiger partial charge in [0.1, 0.15) is 11.4 Å². The lowest BCUT2D eigenvalue weighted by Crippen LogP contribution is -2.13. The summed E-state index contributed by atoms with van der Waals surface area (Å²) in [6.07, 6.45) is 1.63. The van der Waals surface area contributed by atoms with Crippen LogP contribution in [0.15, 0.2) is 71.3 Å². The van der Waals surface area contributed by atoms with Gasteiger partial charge < -0.3 is 14.8 Å². The Balaban J connectivity index is 1.51. The number of benzene rings is 3. The van der Waals surface area contributed by atoms with Crippen LogP contribution in [-0.2, 0) is 0 Å². The summed E-state index contributed by atoms with van der Waals surface area (Å²) >= 11 is 6.39. The van der Waals surface area contributed by atoms with Crippen molar-refractivity contribution in [3.05, 3.63) is 89.0 Å². The Hall–Kier alpha value is -3.90. The Labute approximate surface area is 187 Å². The van der Waals surface area contributed by atoms with Crippen molar-refractivity contribution in [1.29, 1.82) is 0 Å². The number of carbonyl (C=O) groups excluding carboxylic acids is 1. The molecular weight excluding hydrogens is 431 g/mol. The quantitative estimate of drug-likeness (QED) is 0.323. The number of nitrogens with zero attached hydrogens (tertiary/aromatic N) is 1. The molecule has 3 aromatic heterocycles. The van der Waals surface area contributed by atoms with E-state index in [1.807, 2.05) is 13.0 Å². The molecule has 158 valence electrons. The summed E-state index contributed by atoms with van der Waals surface area (Å²) in [5.74, 6) is -0.830. The number of nitrogens with one attached hydrogen (secondary N) is 1. The highest BCUT2D eigenvalue weighted by atomic mass is 35.5. The van der Waals surface area contributed by atoms with E-state index in [0.29, 0.717) is 38.5 Å². The molecular formula is C25H16ClFN2O3. The first kappa shape index (κ1) is 20.0. The molecule has 0 aliphatic rings. The van der Waals surface area contributed by atoms with E-state index in [2.05, 4.69) is 10.3 Å². The maximum atomic E-state index is 14.1. The van der Waals surface area contributed by atoms with Gasteiger partial charge in [0.25, 0.3) is 5.91 Å². The number of hydrogen-bond donors (Lipinski definition) is 2. The van der Waals surface area contributed by atoms with Crippen molar-refractivity contribution >= 4 is 34.4 Å². The lowest BCUT2D eigenvalue weighted by Gasteiger charge is -2.11. The molecule has 0 aliphatic carbocycles. The van der Waals surface area contributed by atoms with E-state index in [9.17, 15) is 14.3 Å². The average Bonchev–Trinajstić information content (AvgIpc) is 3.32. The van der Waals surface area contributed by atoms with E-state index in [1.54, 1.807) is 48.7 Å². The van der Waals surface area contributed by atoms with E-state index in [4.69, 9.17) is 16.0 Å². The molecule has 2 aromatic carbocycles. The smallest absolute Gasteiger partial charge is 0.260 e. The number of amides is 1. The summed E-state index contributed by atoms with van der Waals surface area (Å²) in [6.45, 7) is 1.84. The molecule has 5 aromatic rings. The van der Waals surface area contributed by atoms with Gasteiger partial charge in [0.05, 0.1) is 10.6 Å². The fourth-order valence-corrected chi connectivity index (χ4v) is 4.09. The Bertz CT molecular complexity index is 1480. The number of rotatable bonds is 4. The number of aromatic hydroxyl groups is 1. The number of phenolic OH excluding ortho intramolecular Hbond substituents is 1. The minimum Gasteiger partial charge on any atom is -0.504 e. The van der Waals surface area contributed by atoms with Crippen LogP contribution in [0, 0.1) is 12.7 Å². The summed E-state index contributed by atoms with van der Waals surface area (Å²) in [5.41, 5.74) is 4.13. The third-order valence-electron chi connectivity index (χ3n) is 5.24. The number of carbonyl (C=O) groups is 1. The number of hydrogen-bond acceptors (Lipinski definition) is 4. The van der Waals surface area contributed by atoms with E-state index in [-0.39, 0.29) is 22.7 Å². The number of aromatic nitrogens is 1. The molecule has 1 amide bonds. The molecule has 0 atom stereocenters. The van der Waals surface area contributed by atoms with E-state index in [1.165, 1.54) is 12.1 Å². The maximum absolute atomic E-state index is 14.1. The molecule has 2 N–H and O–H groups in total. The van der Waals surface area contributed by atoms with Crippen molar-refractivity contribution in [2.75, 3.05) is 5.32 Å². The van der Waals surface area contributed by atoms with E-state index >= 15 is 0 Å². The molecule has 0 aliphatic heterocycles. The molecule has 0 radical (unpaired) electrons. The Morgan fingerprint density at radius 1 is 1.09 bits per heavy atom. The molecule has 3 heterocycles. The number of fused-ring (bicyclic) bond motifs is 2. The van der Waals surface area contributed by atoms with Gasteiger partial charge in [-0.2, -0.15) is 0 Å². The van der Waals surface area contributed by atoms with Crippen molar-refractivity contribution in [3.63, 3.8) is 0 Å². The van der Waals surface area contributed by atoms with E-state index in [0.717, 1.165) is 5.69 Å². The molecule has 0 unspecified atom stereocenters. The number of aryl methyl sites for hydroxylation is 1. The summed E-state index contributed by atoms with van der Waals surface area (Å²) < 4.78 is 19.8. The highest BCUT2D eigenvalue weighted by molar-refractivity contribution is 6.33. The third kappa shape index (κ3) is 3.35. The van der Waals surface area contributed by atoms with Gasteiger partial charge in [-0.05, 0) is 42.8 Å². The molecule has 5 nitrogen and oxygen atoms in total. The molecule has 0 saturated carbocycles. The maximum Gasteiger partial charge on any atom is 0.260 e. The first-order chi connectivity index (χ1) is 15.4. The van der Waals surface area contributed by atoms with Gasteiger partial charge in [-0.15, -0.1) is 0 Å². The van der Waals surface area contributed by atoms with Crippen LogP contribution >= 0.6 is 11.6 Å². The standard InChI is InChI=1S/C25H16ClFN2O3/c1-13-10-14(8-9-28-13)22-23(21-12-20(30)24(22)32-21)25(31)29-15-6-7-16(18(26)11-15)17-4-2-3-5-19(17)27/h2-12,30H,1H3,(H,29,31). The summed E-state index contributed by atoms with van der Waals surface area (Å²) in [5, 5.41) is 13.3. The normalized spacial score (nSPS) is 11.2. The number of anilines is 1. The van der Waals surface area contributed by atoms with Gasteiger partial charge in [-0.25, -0.2) is 4.39 Å². The monoisotopic (exact) mass is 446 g/mol. The first-order valence-electron chi connectivity index (χ1n) is 9.79. The number of furan rings is 2. The fraction of sp³-hybridized carbons (Fsp3) is 0.0400. The largest absolute Gasteiger partial charge is 0.504 e. The highest BCUT2D eigenvalue weighted by Crippen LogP contribution is 2.43. The molecule has 7 heteroatoms. The zero-order chi connectivity index (χ0) is 22.4. The zero-order valence-corrected chi connectivity index (χ0v) is 17.6. The molecule has 0 fully saturated rings. The highest BCUT2D eigenvalue weighted by Gasteiger charge is 2.27. The van der Waals surface area contributed by atoms with Crippen LogP contribution in [0.5, 0.6) is 5.75 Å². The van der Waals surface area contributed by atoms with Gasteiger partial charge in [-0.1, -0.05) is 35.9 Å². The van der Waals surface area contributed by atoms with Crippen molar-refractivity contribution in [3.8, 4) is 28.0 Å². The van der Waals surface area contributed by atoms with Crippen LogP contribution < -0.4 is 5.32 Å². The van der Waals surface area contributed by atoms with Crippen LogP contribution in [0.1, 0.15) is 16.1 Å². The Kier molecular flexibility index (Phi) is 4.79. The number of halogens is 2. The predicted molar refractivity (Wildman–Crippen MR) is 122 cm³/mol. The third-order valence-corrected chi connectivity index (χ3v) is 5.55. The molecule has 0 spiro atoms. The van der Waals surface area contributed by atoms with Crippen molar-refractivity contribution < 1.29 is 18.7 Å². The summed E-state index contributed by atoms with van der Waals surface area (Å²) in [4.78, 5) is 17.4. The predicted octanol–water partition coefficient (Wildman–Crippen LogP) is 6.66. The lowest BCUT2D eigenvalue weighted by molar-refractivity contribution is 0.102. The van der Waals surface area contributed by atoms with Crippen LogP contribution in [0.4, 0.5) is 10.1 Å². The second-order valence-electron chi connectivity index (χ2n) is 7.39. The van der Waals surface area contributed by atoms with Crippen LogP contribution in [0.25, 0.3) is 33.4 Å². The second-order valence-corrected chi connectivity index (χ2v) is 7.80. The first-order valence-corrected chi connectivity index (χ1v) is 10.2. The minimum absolute atomic E-state index is 0.0294. The van der Waals surface area contributed by atoms with Gasteiger partial charge in [0.2, 0.25) is 0 Å². The topological polar surface area (TPSA) is 75.4 Å². The van der Waals surface area contributed by atoms with Gasteiger partial charge in [-0.3, -0.25) is 9.78 Å². The second kappa shape index (κ2) is 7.66. The zero-order valence-electron chi connectivity index (χ0n) is 16.8. The number of phenols is 1. The van der Waals surface area contributed by atoms with E-state index < -0.39 is 5.91 Å². The Morgan fingerprint density at radius 3 is 2.66 bits per heavy atom. The SMILES string of the molecule is Cc1cc(-c2c(C(=O)Nc3ccc(-c4ccccc4F)c(Cl)c3)c3cc(O)c2o3)ccn1. The summed E-state index contributed by atoms with van der Waals surface area (Å²) in [6, 6.07) is 16.2. The lowest BCUT2D eigenvalue weighted by atomic mass is 9.98. The Morgan fingerprint density at radius 2 is 1.91 bits per heavy atom. The fourth-order valence-electron chi connectivity index (χ4n) is 3.81. The summed E-state index contributed by atoms with van der Waals surface area (Å²) in [7, 11) is 0. The van der Waals surface area contributed by atoms with Crippen molar-refractivity contribution in [1.82, 2.24) is 4.98 Å². The van der Waals surface area contributed by atoms with Crippen LogP contribution in [0.2, 0.25) is 5.02 Å². The van der Waals surface area contributed by atoms with Crippen molar-refractivity contribution in [2.45, 2.75) is 6.92 Å². The van der Waals surface area contributed by atoms with Gasteiger partial charge in [0.15, 0.2) is 11.3 Å². The molecule has 5 rings (SSSR count).